The third-order valence-corrected chi connectivity index (χ3v) is 1.70. The second kappa shape index (κ2) is 4.01. The molecule has 0 saturated carbocycles. The monoisotopic (exact) mass is 183 g/mol. The minimum atomic E-state index is -4.33. The highest BCUT2D eigenvalue weighted by Crippen LogP contribution is 1.99. The molecule has 0 aliphatic rings. The lowest BCUT2D eigenvalue weighted by molar-refractivity contribution is 0.231. The fourth-order valence-electron chi connectivity index (χ4n) is 0.357. The Morgan fingerprint density at radius 1 is 1.55 bits per heavy atom. The molecule has 6 heteroatoms. The van der Waals surface area contributed by atoms with Gasteiger partial charge in [0, 0.05) is 6.04 Å². The average Bonchev–Trinajstić information content (AvgIpc) is 1.80. The van der Waals surface area contributed by atoms with Crippen molar-refractivity contribution in [2.24, 2.45) is 11.7 Å². The minimum Gasteiger partial charge on any atom is -0.325 e. The summed E-state index contributed by atoms with van der Waals surface area (Å²) in [6.07, 6.45) is 0. The van der Waals surface area contributed by atoms with Crippen molar-refractivity contribution in [3.63, 3.8) is 0 Å². The first-order chi connectivity index (χ1) is 4.83. The van der Waals surface area contributed by atoms with E-state index in [4.69, 9.17) is 10.3 Å². The van der Waals surface area contributed by atoms with E-state index in [1.165, 1.54) is 0 Å². The van der Waals surface area contributed by atoms with E-state index in [0.717, 1.165) is 0 Å². The van der Waals surface area contributed by atoms with Gasteiger partial charge in [0.25, 0.3) is 0 Å². The van der Waals surface area contributed by atoms with Crippen molar-refractivity contribution in [3.8, 4) is 0 Å². The van der Waals surface area contributed by atoms with Gasteiger partial charge >= 0.3 is 10.4 Å². The summed E-state index contributed by atoms with van der Waals surface area (Å²) in [5, 5.41) is 0. The van der Waals surface area contributed by atoms with E-state index in [1.54, 1.807) is 0 Å². The van der Waals surface area contributed by atoms with Gasteiger partial charge in [-0.2, -0.15) is 8.42 Å². The Balaban J connectivity index is 3.72. The van der Waals surface area contributed by atoms with Crippen LogP contribution in [-0.2, 0) is 14.6 Å². The molecule has 0 aromatic heterocycles. The Kier molecular flexibility index (Phi) is 3.95. The number of nitrogens with two attached hydrogens (primary N) is 1. The molecule has 0 heterocycles. The number of hydrogen-bond donors (Lipinski definition) is 2. The van der Waals surface area contributed by atoms with E-state index >= 15 is 0 Å². The molecule has 11 heavy (non-hydrogen) atoms. The van der Waals surface area contributed by atoms with Crippen molar-refractivity contribution in [2.45, 2.75) is 19.9 Å². The summed E-state index contributed by atoms with van der Waals surface area (Å²) in [5.74, 6) is 0.122. The zero-order valence-electron chi connectivity index (χ0n) is 6.52. The molecule has 0 aromatic rings. The zero-order valence-corrected chi connectivity index (χ0v) is 7.34. The van der Waals surface area contributed by atoms with Crippen molar-refractivity contribution in [1.82, 2.24) is 0 Å². The molecule has 0 unspecified atom stereocenters. The van der Waals surface area contributed by atoms with Gasteiger partial charge in [0.1, 0.15) is 0 Å². The van der Waals surface area contributed by atoms with E-state index in [1.807, 2.05) is 13.8 Å². The van der Waals surface area contributed by atoms with Crippen LogP contribution in [-0.4, -0.2) is 25.6 Å². The van der Waals surface area contributed by atoms with Crippen molar-refractivity contribution < 1.29 is 17.2 Å². The van der Waals surface area contributed by atoms with Gasteiger partial charge in [-0.1, -0.05) is 13.8 Å². The van der Waals surface area contributed by atoms with Gasteiger partial charge in [0.2, 0.25) is 0 Å². The Hall–Kier alpha value is -0.170. The van der Waals surface area contributed by atoms with Crippen LogP contribution in [0.3, 0.4) is 0 Å². The van der Waals surface area contributed by atoms with Crippen LogP contribution in [0.15, 0.2) is 0 Å². The Morgan fingerprint density at radius 3 is 2.27 bits per heavy atom. The molecular formula is C5H13NO4S. The van der Waals surface area contributed by atoms with Crippen molar-refractivity contribution >= 4 is 10.4 Å². The first kappa shape index (κ1) is 10.8. The topological polar surface area (TPSA) is 89.6 Å². The van der Waals surface area contributed by atoms with Gasteiger partial charge in [-0.05, 0) is 5.92 Å². The highest BCUT2D eigenvalue weighted by molar-refractivity contribution is 7.80. The summed E-state index contributed by atoms with van der Waals surface area (Å²) in [5.41, 5.74) is 5.42. The summed E-state index contributed by atoms with van der Waals surface area (Å²) < 4.78 is 32.3. The van der Waals surface area contributed by atoms with Gasteiger partial charge in [-0.3, -0.25) is 4.55 Å². The van der Waals surface area contributed by atoms with Crippen LogP contribution in [0.25, 0.3) is 0 Å². The standard InChI is InChI=1S/C5H13NO4S/c1-4(2)5(6)3-10-11(7,8)9/h4-5H,3,6H2,1-2H3,(H,7,8,9)/t5-/m1/s1. The lowest BCUT2D eigenvalue weighted by atomic mass is 10.1. The molecule has 0 radical (unpaired) electrons. The number of hydrogen-bond acceptors (Lipinski definition) is 4. The van der Waals surface area contributed by atoms with E-state index in [2.05, 4.69) is 4.18 Å². The van der Waals surface area contributed by atoms with E-state index in [0.29, 0.717) is 0 Å². The van der Waals surface area contributed by atoms with E-state index in [9.17, 15) is 8.42 Å². The molecule has 0 saturated heterocycles. The smallest absolute Gasteiger partial charge is 0.325 e. The second-order valence-electron chi connectivity index (χ2n) is 2.62. The minimum absolute atomic E-state index is 0.122. The van der Waals surface area contributed by atoms with Crippen LogP contribution in [0.1, 0.15) is 13.8 Å². The lowest BCUT2D eigenvalue weighted by Gasteiger charge is -2.13. The quantitative estimate of drug-likeness (QED) is 0.588. The highest BCUT2D eigenvalue weighted by atomic mass is 32.3. The molecule has 0 amide bonds. The molecule has 3 N–H and O–H groups in total. The SMILES string of the molecule is CC(C)[C@H](N)COS(=O)(=O)O. The fraction of sp³-hybridized carbons (Fsp3) is 1.00. The first-order valence-corrected chi connectivity index (χ1v) is 4.57. The van der Waals surface area contributed by atoms with Crippen LogP contribution in [0.2, 0.25) is 0 Å². The third kappa shape index (κ3) is 6.24. The van der Waals surface area contributed by atoms with Crippen LogP contribution < -0.4 is 5.73 Å². The molecule has 0 bridgehead atoms. The van der Waals surface area contributed by atoms with E-state index in [-0.39, 0.29) is 18.6 Å². The molecule has 1 atom stereocenters. The van der Waals surface area contributed by atoms with Gasteiger partial charge in [-0.25, -0.2) is 4.18 Å². The maximum Gasteiger partial charge on any atom is 0.397 e. The molecule has 0 fully saturated rings. The largest absolute Gasteiger partial charge is 0.397 e. The van der Waals surface area contributed by atoms with Crippen molar-refractivity contribution in [2.75, 3.05) is 6.61 Å². The summed E-state index contributed by atoms with van der Waals surface area (Å²) in [4.78, 5) is 0. The summed E-state index contributed by atoms with van der Waals surface area (Å²) in [6.45, 7) is 3.48. The Bertz CT molecular complexity index is 199. The van der Waals surface area contributed by atoms with Crippen LogP contribution in [0.4, 0.5) is 0 Å². The summed E-state index contributed by atoms with van der Waals surface area (Å²) in [7, 11) is -4.33. The zero-order chi connectivity index (χ0) is 9.07. The Morgan fingerprint density at radius 2 is 2.00 bits per heavy atom. The van der Waals surface area contributed by atoms with E-state index < -0.39 is 10.4 Å². The predicted molar refractivity (Wildman–Crippen MR) is 40.3 cm³/mol. The predicted octanol–water partition coefficient (Wildman–Crippen LogP) is -0.211. The molecule has 0 rings (SSSR count). The van der Waals surface area contributed by atoms with Gasteiger partial charge in [-0.15, -0.1) is 0 Å². The molecule has 0 aliphatic carbocycles. The fourth-order valence-corrected chi connectivity index (χ4v) is 0.686. The molecule has 0 aliphatic heterocycles. The van der Waals surface area contributed by atoms with Gasteiger partial charge < -0.3 is 5.73 Å². The first-order valence-electron chi connectivity index (χ1n) is 3.20. The number of rotatable bonds is 4. The normalized spacial score (nSPS) is 15.4. The van der Waals surface area contributed by atoms with Crippen molar-refractivity contribution in [1.29, 1.82) is 0 Å². The van der Waals surface area contributed by atoms with Crippen LogP contribution in [0.5, 0.6) is 0 Å². The summed E-state index contributed by atoms with van der Waals surface area (Å²) in [6, 6.07) is -0.378. The van der Waals surface area contributed by atoms with Crippen LogP contribution in [0, 0.1) is 5.92 Å². The molecule has 0 aromatic carbocycles. The third-order valence-electron chi connectivity index (χ3n) is 1.27. The molecule has 0 spiro atoms. The molecule has 5 nitrogen and oxygen atoms in total. The van der Waals surface area contributed by atoms with Gasteiger partial charge in [0.15, 0.2) is 0 Å². The lowest BCUT2D eigenvalue weighted by Crippen LogP contribution is -2.32. The maximum absolute atomic E-state index is 10.0. The maximum atomic E-state index is 10.0. The van der Waals surface area contributed by atoms with Crippen molar-refractivity contribution in [3.05, 3.63) is 0 Å². The Labute approximate surface area is 66.5 Å². The van der Waals surface area contributed by atoms with Gasteiger partial charge in [0.05, 0.1) is 6.61 Å². The summed E-state index contributed by atoms with van der Waals surface area (Å²) >= 11 is 0. The molecule has 68 valence electrons. The second-order valence-corrected chi connectivity index (χ2v) is 3.71. The highest BCUT2D eigenvalue weighted by Gasteiger charge is 2.12. The van der Waals surface area contributed by atoms with Crippen LogP contribution >= 0.6 is 0 Å². The average molecular weight is 183 g/mol. The molecular weight excluding hydrogens is 170 g/mol.